The number of amides is 1. The fourth-order valence-electron chi connectivity index (χ4n) is 4.15. The van der Waals surface area contributed by atoms with Gasteiger partial charge in [0.25, 0.3) is 5.56 Å². The van der Waals surface area contributed by atoms with Gasteiger partial charge in [-0.25, -0.2) is 8.42 Å². The third-order valence-electron chi connectivity index (χ3n) is 6.26. The molecule has 8 heteroatoms. The van der Waals surface area contributed by atoms with Crippen LogP contribution >= 0.6 is 0 Å². The van der Waals surface area contributed by atoms with E-state index in [1.54, 1.807) is 24.3 Å². The molecular weight excluding hydrogens is 414 g/mol. The number of carbonyl (C=O) groups excluding carboxylic acids is 1. The molecule has 3 fully saturated rings. The first kappa shape index (κ1) is 20.2. The molecule has 0 radical (unpaired) electrons. The van der Waals surface area contributed by atoms with Gasteiger partial charge in [0.15, 0.2) is 0 Å². The number of hydrogen-bond acceptors (Lipinski definition) is 4. The summed E-state index contributed by atoms with van der Waals surface area (Å²) in [4.78, 5) is 27.5. The predicted octanol–water partition coefficient (Wildman–Crippen LogP) is 2.36. The zero-order valence-corrected chi connectivity index (χ0v) is 18.0. The number of rotatable bonds is 6. The van der Waals surface area contributed by atoms with E-state index >= 15 is 0 Å². The second-order valence-electron chi connectivity index (χ2n) is 8.51. The molecular formula is C23H25N3O4S. The van der Waals surface area contributed by atoms with Crippen LogP contribution in [0.5, 0.6) is 0 Å². The summed E-state index contributed by atoms with van der Waals surface area (Å²) in [6.07, 6.45) is 6.10. The van der Waals surface area contributed by atoms with Gasteiger partial charge in [0, 0.05) is 42.4 Å². The molecule has 162 valence electrons. The van der Waals surface area contributed by atoms with Gasteiger partial charge in [0.1, 0.15) is 0 Å². The van der Waals surface area contributed by atoms with Crippen LogP contribution < -0.4 is 10.9 Å². The van der Waals surface area contributed by atoms with Gasteiger partial charge >= 0.3 is 0 Å². The Bertz CT molecular complexity index is 1210. The average molecular weight is 440 g/mol. The van der Waals surface area contributed by atoms with Crippen molar-refractivity contribution in [3.63, 3.8) is 0 Å². The maximum atomic E-state index is 12.6. The van der Waals surface area contributed by atoms with Crippen LogP contribution in [0.2, 0.25) is 0 Å². The Balaban J connectivity index is 1.51. The highest BCUT2D eigenvalue weighted by Gasteiger charge is 2.30. The number of pyridine rings is 1. The van der Waals surface area contributed by atoms with Gasteiger partial charge in [0.05, 0.1) is 4.90 Å². The summed E-state index contributed by atoms with van der Waals surface area (Å²) in [6.45, 7) is 1.12. The summed E-state index contributed by atoms with van der Waals surface area (Å²) in [5, 5.41) is 2.93. The van der Waals surface area contributed by atoms with Crippen LogP contribution in [0, 0.1) is 0 Å². The standard InChI is InChI=1S/C23H25N3O4S/c27-22-11-6-17(24-22)14-20(21-10-9-19(15-2-3-15)23(28)25-21)16-4-7-18(8-5-16)31(29,30)26-12-1-13-26/h4-5,7-10,14-15,17H,1-3,6,11-13H2,(H,24,27)(H,25,28)/b20-14+/t17-/m1/s1. The van der Waals surface area contributed by atoms with E-state index in [4.69, 9.17) is 0 Å². The molecule has 2 N–H and O–H groups in total. The number of hydrogen-bond donors (Lipinski definition) is 2. The van der Waals surface area contributed by atoms with Crippen LogP contribution in [-0.2, 0) is 14.8 Å². The Labute approximate surface area is 181 Å². The molecule has 2 aliphatic heterocycles. The topological polar surface area (TPSA) is 99.3 Å². The number of aromatic nitrogens is 1. The highest BCUT2D eigenvalue weighted by molar-refractivity contribution is 7.89. The summed E-state index contributed by atoms with van der Waals surface area (Å²) < 4.78 is 26.8. The second-order valence-corrected chi connectivity index (χ2v) is 10.4. The lowest BCUT2D eigenvalue weighted by molar-refractivity contribution is -0.119. The molecule has 0 unspecified atom stereocenters. The SMILES string of the molecule is O=C1CC[C@H](/C=C(\c2ccc(S(=O)(=O)N3CCC3)cc2)c2ccc(C3CC3)c(=O)[nH]2)N1. The van der Waals surface area contributed by atoms with Crippen molar-refractivity contribution < 1.29 is 13.2 Å². The highest BCUT2D eigenvalue weighted by atomic mass is 32.2. The molecule has 2 aromatic rings. The minimum absolute atomic E-state index is 0.00849. The summed E-state index contributed by atoms with van der Waals surface area (Å²) in [7, 11) is -3.45. The lowest BCUT2D eigenvalue weighted by Gasteiger charge is -2.29. The van der Waals surface area contributed by atoms with Crippen LogP contribution in [-0.4, -0.2) is 42.7 Å². The van der Waals surface area contributed by atoms with Crippen molar-refractivity contribution in [3.8, 4) is 0 Å². The normalized spacial score (nSPS) is 22.3. The predicted molar refractivity (Wildman–Crippen MR) is 117 cm³/mol. The molecule has 7 nitrogen and oxygen atoms in total. The van der Waals surface area contributed by atoms with Crippen molar-refractivity contribution >= 4 is 21.5 Å². The van der Waals surface area contributed by atoms with Gasteiger partial charge in [-0.15, -0.1) is 0 Å². The van der Waals surface area contributed by atoms with Crippen LogP contribution in [0.4, 0.5) is 0 Å². The minimum atomic E-state index is -3.45. The summed E-state index contributed by atoms with van der Waals surface area (Å²) in [5.74, 6) is 0.361. The molecule has 0 bridgehead atoms. The fourth-order valence-corrected chi connectivity index (χ4v) is 5.66. The van der Waals surface area contributed by atoms with E-state index in [9.17, 15) is 18.0 Å². The van der Waals surface area contributed by atoms with Gasteiger partial charge in [-0.3, -0.25) is 9.59 Å². The molecule has 1 saturated carbocycles. The lowest BCUT2D eigenvalue weighted by Crippen LogP contribution is -2.41. The molecule has 2 saturated heterocycles. The minimum Gasteiger partial charge on any atom is -0.350 e. The van der Waals surface area contributed by atoms with Gasteiger partial charge in [-0.05, 0) is 55.4 Å². The number of benzene rings is 1. The third kappa shape index (κ3) is 3.97. The summed E-state index contributed by atoms with van der Waals surface area (Å²) in [6, 6.07) is 10.4. The van der Waals surface area contributed by atoms with Crippen LogP contribution in [0.1, 0.15) is 54.8 Å². The van der Waals surface area contributed by atoms with Crippen molar-refractivity contribution in [1.82, 2.24) is 14.6 Å². The average Bonchev–Trinajstić information content (AvgIpc) is 3.46. The molecule has 3 heterocycles. The number of sulfonamides is 1. The van der Waals surface area contributed by atoms with Gasteiger partial charge in [0.2, 0.25) is 15.9 Å². The second kappa shape index (κ2) is 7.76. The Hall–Kier alpha value is -2.71. The fraction of sp³-hybridized carbons (Fsp3) is 0.391. The highest BCUT2D eigenvalue weighted by Crippen LogP contribution is 2.38. The molecule has 1 aromatic carbocycles. The van der Waals surface area contributed by atoms with E-state index in [2.05, 4.69) is 10.3 Å². The maximum absolute atomic E-state index is 12.6. The lowest BCUT2D eigenvalue weighted by atomic mass is 9.98. The van der Waals surface area contributed by atoms with E-state index in [1.165, 1.54) is 4.31 Å². The van der Waals surface area contributed by atoms with Crippen molar-refractivity contribution in [1.29, 1.82) is 0 Å². The zero-order valence-electron chi connectivity index (χ0n) is 17.1. The third-order valence-corrected chi connectivity index (χ3v) is 8.17. The van der Waals surface area contributed by atoms with Crippen LogP contribution in [0.3, 0.4) is 0 Å². The quantitative estimate of drug-likeness (QED) is 0.722. The van der Waals surface area contributed by atoms with Crippen molar-refractivity contribution in [2.24, 2.45) is 0 Å². The first-order chi connectivity index (χ1) is 14.9. The number of nitrogens with one attached hydrogen (secondary N) is 2. The van der Waals surface area contributed by atoms with E-state index < -0.39 is 10.0 Å². The van der Waals surface area contributed by atoms with Crippen LogP contribution in [0.25, 0.3) is 5.57 Å². The molecule has 3 aliphatic rings. The summed E-state index contributed by atoms with van der Waals surface area (Å²) in [5.41, 5.74) is 2.96. The molecule has 31 heavy (non-hydrogen) atoms. The first-order valence-corrected chi connectivity index (χ1v) is 12.2. The monoisotopic (exact) mass is 439 g/mol. The maximum Gasteiger partial charge on any atom is 0.251 e. The van der Waals surface area contributed by atoms with E-state index in [0.717, 1.165) is 36.0 Å². The molecule has 5 rings (SSSR count). The molecule has 0 spiro atoms. The number of nitrogens with zero attached hydrogens (tertiary/aromatic N) is 1. The summed E-state index contributed by atoms with van der Waals surface area (Å²) >= 11 is 0. The zero-order chi connectivity index (χ0) is 21.6. The van der Waals surface area contributed by atoms with Crippen molar-refractivity contribution in [3.05, 3.63) is 69.6 Å². The van der Waals surface area contributed by atoms with Gasteiger partial charge in [-0.1, -0.05) is 24.3 Å². The van der Waals surface area contributed by atoms with E-state index in [0.29, 0.717) is 37.5 Å². The van der Waals surface area contributed by atoms with E-state index in [1.807, 2.05) is 18.2 Å². The number of carbonyl (C=O) groups is 1. The van der Waals surface area contributed by atoms with Crippen LogP contribution in [0.15, 0.2) is 52.2 Å². The smallest absolute Gasteiger partial charge is 0.251 e. The molecule has 1 atom stereocenters. The Morgan fingerprint density at radius 3 is 2.29 bits per heavy atom. The molecule has 1 aliphatic carbocycles. The number of H-pyrrole nitrogens is 1. The Morgan fingerprint density at radius 2 is 1.74 bits per heavy atom. The number of aromatic amines is 1. The van der Waals surface area contributed by atoms with Crippen molar-refractivity contribution in [2.75, 3.05) is 13.1 Å². The largest absolute Gasteiger partial charge is 0.350 e. The molecule has 1 amide bonds. The Morgan fingerprint density at radius 1 is 1.00 bits per heavy atom. The van der Waals surface area contributed by atoms with Crippen molar-refractivity contribution in [2.45, 2.75) is 49.0 Å². The van der Waals surface area contributed by atoms with Gasteiger partial charge < -0.3 is 10.3 Å². The van der Waals surface area contributed by atoms with Gasteiger partial charge in [-0.2, -0.15) is 4.31 Å². The first-order valence-electron chi connectivity index (χ1n) is 10.8. The van der Waals surface area contributed by atoms with E-state index in [-0.39, 0.29) is 22.4 Å². The molecule has 1 aromatic heterocycles. The Kier molecular flexibility index (Phi) is 5.06.